The molecule has 1 aromatic rings. The van der Waals surface area contributed by atoms with Crippen LogP contribution in [-0.2, 0) is 19.3 Å². The summed E-state index contributed by atoms with van der Waals surface area (Å²) in [4.78, 5) is 0. The van der Waals surface area contributed by atoms with Gasteiger partial charge in [-0.2, -0.15) is 12.8 Å². The monoisotopic (exact) mass is 345 g/mol. The molecule has 0 aromatic heterocycles. The van der Waals surface area contributed by atoms with Crippen LogP contribution in [0.4, 0.5) is 0 Å². The summed E-state index contributed by atoms with van der Waals surface area (Å²) in [5.41, 5.74) is 4.68. The minimum Gasteiger partial charge on any atom is -0.320 e. The Labute approximate surface area is 193 Å². The maximum atomic E-state index is 2.36. The van der Waals surface area contributed by atoms with Crippen LogP contribution in [0.5, 0.6) is 0 Å². The minimum atomic E-state index is 0. The fourth-order valence-electron chi connectivity index (χ4n) is 1.84. The summed E-state index contributed by atoms with van der Waals surface area (Å²) in [6.07, 6.45) is 5.92. The van der Waals surface area contributed by atoms with Crippen molar-refractivity contribution in [3.05, 3.63) is 41.3 Å². The molecule has 0 spiro atoms. The van der Waals surface area contributed by atoms with Crippen LogP contribution in [-0.4, -0.2) is 0 Å². The fraction of sp³-hybridized carbons (Fsp3) is 0.462. The Bertz CT molecular complexity index is 269. The van der Waals surface area contributed by atoms with Crippen LogP contribution in [0.15, 0.2) is 18.2 Å². The zero-order chi connectivity index (χ0) is 9.68. The summed E-state index contributed by atoms with van der Waals surface area (Å²) in [5, 5.41) is 0. The molecule has 0 amide bonds. The quantitative estimate of drug-likeness (QED) is 0.497. The maximum Gasteiger partial charge on any atom is 1.00 e. The average molecular weight is 346 g/mol. The van der Waals surface area contributed by atoms with Crippen molar-refractivity contribution in [1.29, 1.82) is 0 Å². The molecule has 1 aliphatic carbocycles. The normalized spacial score (nSPS) is 11.4. The van der Waals surface area contributed by atoms with E-state index in [1.165, 1.54) is 24.8 Å². The van der Waals surface area contributed by atoms with Crippen LogP contribution >= 0.6 is 0 Å². The van der Waals surface area contributed by atoms with Crippen LogP contribution in [0.1, 0.15) is 37.5 Å². The van der Waals surface area contributed by atoms with Crippen LogP contribution in [0.3, 0.4) is 0 Å². The third kappa shape index (κ3) is 6.00. The van der Waals surface area contributed by atoms with Gasteiger partial charge in [-0.1, -0.05) is 50.1 Å². The zero-order valence-electron chi connectivity index (χ0n) is 10.9. The van der Waals surface area contributed by atoms with E-state index < -0.39 is 0 Å². The van der Waals surface area contributed by atoms with Gasteiger partial charge in [-0.25, -0.2) is 0 Å². The predicted octanol–water partition coefficient (Wildman–Crippen LogP) is -2.41. The van der Waals surface area contributed by atoms with Gasteiger partial charge in [0.15, 0.2) is 0 Å². The van der Waals surface area contributed by atoms with E-state index in [4.69, 9.17) is 0 Å². The summed E-state index contributed by atoms with van der Waals surface area (Å²) in [5.74, 6) is 0. The molecule has 0 saturated heterocycles. The molecule has 0 aliphatic heterocycles. The first-order chi connectivity index (χ1) is 6.42. The molecule has 2 heteroatoms. The predicted molar refractivity (Wildman–Crippen MR) is 58.9 cm³/mol. The summed E-state index contributed by atoms with van der Waals surface area (Å²) in [6.45, 7) is 6.23. The Morgan fingerprint density at radius 3 is 2.40 bits per heavy atom. The number of rotatable bonds is 1. The number of hydrogen-bond donors (Lipinski definition) is 0. The van der Waals surface area contributed by atoms with Crippen LogP contribution < -0.4 is 116 Å². The second-order valence-electron chi connectivity index (χ2n) is 3.11. The molecule has 0 saturated carbocycles. The summed E-state index contributed by atoms with van der Waals surface area (Å²) >= 11 is 0. The minimum absolute atomic E-state index is 0. The van der Waals surface area contributed by atoms with E-state index in [0.29, 0.717) is 0 Å². The van der Waals surface area contributed by atoms with E-state index in [-0.39, 0.29) is 116 Å². The molecule has 0 unspecified atom stereocenters. The van der Waals surface area contributed by atoms with Crippen molar-refractivity contribution < 1.29 is 116 Å². The smallest absolute Gasteiger partial charge is 0.320 e. The van der Waals surface area contributed by atoms with E-state index in [1.807, 2.05) is 13.8 Å². The summed E-state index contributed by atoms with van der Waals surface area (Å²) in [6, 6.07) is 6.67. The molecule has 0 nitrogen and oxygen atoms in total. The molecule has 72 valence electrons. The largest absolute Gasteiger partial charge is 1.00 e. The van der Waals surface area contributed by atoms with E-state index >= 15 is 0 Å². The second-order valence-corrected chi connectivity index (χ2v) is 3.11. The molecule has 0 N–H and O–H groups in total. The van der Waals surface area contributed by atoms with Gasteiger partial charge in [-0.3, -0.25) is 0 Å². The van der Waals surface area contributed by atoms with Crippen molar-refractivity contribution in [3.8, 4) is 0 Å². The molecule has 15 heavy (non-hydrogen) atoms. The van der Waals surface area contributed by atoms with Crippen molar-refractivity contribution in [1.82, 2.24) is 0 Å². The Kier molecular flexibility index (Phi) is 16.0. The Morgan fingerprint density at radius 1 is 1.13 bits per heavy atom. The molecule has 2 rings (SSSR count). The van der Waals surface area contributed by atoms with Crippen molar-refractivity contribution in [3.63, 3.8) is 0 Å². The molecular weight excluding hydrogens is 327 g/mol. The second kappa shape index (κ2) is 11.9. The van der Waals surface area contributed by atoms with Crippen molar-refractivity contribution in [2.45, 2.75) is 40.0 Å². The van der Waals surface area contributed by atoms with E-state index in [1.54, 1.807) is 11.1 Å². The number of benzene rings is 1. The number of aryl methyl sites for hydroxylation is 1. The zero-order valence-corrected chi connectivity index (χ0v) is 20.8. The first-order valence-electron chi connectivity index (χ1n) is 5.33. The van der Waals surface area contributed by atoms with Crippen LogP contribution in [0, 0.1) is 6.42 Å². The topological polar surface area (TPSA) is 0 Å². The third-order valence-corrected chi connectivity index (χ3v) is 2.46. The van der Waals surface area contributed by atoms with E-state index in [0.717, 1.165) is 0 Å². The molecule has 0 fully saturated rings. The average Bonchev–Trinajstić information content (AvgIpc) is 2.68. The molecule has 0 radical (unpaired) electrons. The van der Waals surface area contributed by atoms with E-state index in [9.17, 15) is 0 Å². The first-order valence-corrected chi connectivity index (χ1v) is 5.33. The maximum absolute atomic E-state index is 2.36. The Balaban J connectivity index is 0. The summed E-state index contributed by atoms with van der Waals surface area (Å²) in [7, 11) is 0. The van der Waals surface area contributed by atoms with Gasteiger partial charge in [0.05, 0.1) is 0 Å². The summed E-state index contributed by atoms with van der Waals surface area (Å²) < 4.78 is 0. The Morgan fingerprint density at radius 2 is 1.80 bits per heavy atom. The van der Waals surface area contributed by atoms with Gasteiger partial charge in [-0.15, -0.1) is 0 Å². The fourth-order valence-corrected chi connectivity index (χ4v) is 1.84. The Hall–Kier alpha value is 2.83. The van der Waals surface area contributed by atoms with Gasteiger partial charge in [0, 0.05) is 0 Å². The van der Waals surface area contributed by atoms with Crippen LogP contribution in [0.25, 0.3) is 0 Å². The standard InChI is InChI=1S/C11H13.C2H6.2Rb/c1-2-9-5-3-6-10-7-4-8-11(9)10;1-2;;/h3-6H,2,7-8H2,1H3;1-2H3;;/q-1;;2*+1. The van der Waals surface area contributed by atoms with Crippen molar-refractivity contribution in [2.24, 2.45) is 0 Å². The molecule has 0 heterocycles. The molecule has 1 aromatic carbocycles. The molecular formula is C13H19Rb2+. The van der Waals surface area contributed by atoms with Gasteiger partial charge in [-0.05, 0) is 12.0 Å². The molecule has 0 atom stereocenters. The SMILES string of the molecule is CC.CCc1cccc2c1C[CH-]C2.[Rb+].[Rb+]. The van der Waals surface area contributed by atoms with Gasteiger partial charge in [0.1, 0.15) is 0 Å². The van der Waals surface area contributed by atoms with Gasteiger partial charge < -0.3 is 6.42 Å². The first kappa shape index (κ1) is 20.2. The van der Waals surface area contributed by atoms with Gasteiger partial charge in [0.25, 0.3) is 0 Å². The van der Waals surface area contributed by atoms with Gasteiger partial charge >= 0.3 is 116 Å². The van der Waals surface area contributed by atoms with Crippen LogP contribution in [0.2, 0.25) is 0 Å². The molecule has 0 bridgehead atoms. The number of fused-ring (bicyclic) bond motifs is 1. The molecule has 1 aliphatic rings. The van der Waals surface area contributed by atoms with Crippen molar-refractivity contribution >= 4 is 0 Å². The van der Waals surface area contributed by atoms with E-state index in [2.05, 4.69) is 31.5 Å². The van der Waals surface area contributed by atoms with Gasteiger partial charge in [0.2, 0.25) is 0 Å². The third-order valence-electron chi connectivity index (χ3n) is 2.46. The van der Waals surface area contributed by atoms with Crippen molar-refractivity contribution in [2.75, 3.05) is 0 Å². The number of hydrogen-bond acceptors (Lipinski definition) is 0.